The van der Waals surface area contributed by atoms with Gasteiger partial charge in [-0.1, -0.05) is 0 Å². The summed E-state index contributed by atoms with van der Waals surface area (Å²) in [5.74, 6) is -1.48. The van der Waals surface area contributed by atoms with Crippen LogP contribution in [-0.4, -0.2) is 43.2 Å². The number of hydrogen-bond donors (Lipinski definition) is 1. The standard InChI is InChI=1S/C8H14O5S/c1-6(8(9)10)14(11,12)5-7-3-2-4-13-7/h6-7H,2-5H2,1H3,(H,9,10). The minimum absolute atomic E-state index is 0.180. The highest BCUT2D eigenvalue weighted by Gasteiger charge is 2.31. The predicted octanol–water partition coefficient (Wildman–Crippen LogP) is 0.0533. The first kappa shape index (κ1) is 11.5. The lowest BCUT2D eigenvalue weighted by Gasteiger charge is -2.12. The van der Waals surface area contributed by atoms with Crippen LogP contribution in [0.25, 0.3) is 0 Å². The van der Waals surface area contributed by atoms with Gasteiger partial charge in [0.15, 0.2) is 15.1 Å². The smallest absolute Gasteiger partial charge is 0.321 e. The number of aliphatic carboxylic acids is 1. The van der Waals surface area contributed by atoms with Gasteiger partial charge in [0.1, 0.15) is 0 Å². The highest BCUT2D eigenvalue weighted by atomic mass is 32.2. The Balaban J connectivity index is 2.61. The summed E-state index contributed by atoms with van der Waals surface area (Å²) < 4.78 is 28.1. The monoisotopic (exact) mass is 222 g/mol. The van der Waals surface area contributed by atoms with Crippen molar-refractivity contribution in [2.24, 2.45) is 0 Å². The van der Waals surface area contributed by atoms with Gasteiger partial charge in [0.2, 0.25) is 0 Å². The van der Waals surface area contributed by atoms with Crippen molar-refractivity contribution >= 4 is 15.8 Å². The minimum atomic E-state index is -3.57. The second kappa shape index (κ2) is 4.27. The van der Waals surface area contributed by atoms with E-state index in [1.807, 2.05) is 0 Å². The van der Waals surface area contributed by atoms with Crippen LogP contribution in [0.4, 0.5) is 0 Å². The van der Waals surface area contributed by atoms with Crippen molar-refractivity contribution in [2.75, 3.05) is 12.4 Å². The van der Waals surface area contributed by atoms with E-state index in [9.17, 15) is 13.2 Å². The summed E-state index contributed by atoms with van der Waals surface area (Å²) in [4.78, 5) is 10.5. The first-order chi connectivity index (χ1) is 6.43. The zero-order chi connectivity index (χ0) is 10.8. The molecule has 2 unspecified atom stereocenters. The summed E-state index contributed by atoms with van der Waals surface area (Å²) in [6.45, 7) is 1.76. The third kappa shape index (κ3) is 2.68. The van der Waals surface area contributed by atoms with Crippen LogP contribution < -0.4 is 0 Å². The topological polar surface area (TPSA) is 80.7 Å². The van der Waals surface area contributed by atoms with Crippen LogP contribution in [0.5, 0.6) is 0 Å². The summed E-state index contributed by atoms with van der Waals surface area (Å²) >= 11 is 0. The largest absolute Gasteiger partial charge is 0.480 e. The van der Waals surface area contributed by atoms with Crippen molar-refractivity contribution in [3.63, 3.8) is 0 Å². The van der Waals surface area contributed by atoms with E-state index >= 15 is 0 Å². The maximum absolute atomic E-state index is 11.5. The van der Waals surface area contributed by atoms with E-state index in [0.29, 0.717) is 13.0 Å². The molecule has 2 atom stereocenters. The molecule has 0 aromatic rings. The molecule has 1 heterocycles. The van der Waals surface area contributed by atoms with Crippen LogP contribution in [0.1, 0.15) is 19.8 Å². The highest BCUT2D eigenvalue weighted by Crippen LogP contribution is 2.16. The van der Waals surface area contributed by atoms with Gasteiger partial charge in [0, 0.05) is 6.61 Å². The van der Waals surface area contributed by atoms with E-state index < -0.39 is 21.1 Å². The first-order valence-electron chi connectivity index (χ1n) is 4.49. The summed E-state index contributed by atoms with van der Waals surface area (Å²) in [7, 11) is -3.57. The summed E-state index contributed by atoms with van der Waals surface area (Å²) in [6.07, 6.45) is 1.23. The summed E-state index contributed by atoms with van der Waals surface area (Å²) in [6, 6.07) is 0. The van der Waals surface area contributed by atoms with Crippen LogP contribution >= 0.6 is 0 Å². The number of hydrogen-bond acceptors (Lipinski definition) is 4. The zero-order valence-electron chi connectivity index (χ0n) is 7.97. The van der Waals surface area contributed by atoms with Gasteiger partial charge in [0.05, 0.1) is 11.9 Å². The fourth-order valence-corrected chi connectivity index (χ4v) is 2.71. The molecule has 1 saturated heterocycles. The predicted molar refractivity (Wildman–Crippen MR) is 49.9 cm³/mol. The quantitative estimate of drug-likeness (QED) is 0.727. The van der Waals surface area contributed by atoms with Gasteiger partial charge in [0.25, 0.3) is 0 Å². The molecule has 1 aliphatic rings. The lowest BCUT2D eigenvalue weighted by Crippen LogP contribution is -2.33. The average molecular weight is 222 g/mol. The van der Waals surface area contributed by atoms with Crippen molar-refractivity contribution in [3.05, 3.63) is 0 Å². The average Bonchev–Trinajstić information content (AvgIpc) is 2.54. The number of carboxylic acids is 1. The Morgan fingerprint density at radius 3 is 2.71 bits per heavy atom. The molecule has 0 saturated carbocycles. The minimum Gasteiger partial charge on any atom is -0.480 e. The second-order valence-corrected chi connectivity index (χ2v) is 5.81. The van der Waals surface area contributed by atoms with Gasteiger partial charge >= 0.3 is 5.97 Å². The van der Waals surface area contributed by atoms with E-state index in [4.69, 9.17) is 9.84 Å². The van der Waals surface area contributed by atoms with Gasteiger partial charge in [-0.15, -0.1) is 0 Å². The van der Waals surface area contributed by atoms with E-state index in [-0.39, 0.29) is 11.9 Å². The van der Waals surface area contributed by atoms with Gasteiger partial charge in [-0.05, 0) is 19.8 Å². The molecule has 0 radical (unpaired) electrons. The lowest BCUT2D eigenvalue weighted by molar-refractivity contribution is -0.136. The Bertz CT molecular complexity index is 302. The lowest BCUT2D eigenvalue weighted by atomic mass is 10.3. The van der Waals surface area contributed by atoms with Crippen molar-refractivity contribution in [3.8, 4) is 0 Å². The summed E-state index contributed by atoms with van der Waals surface area (Å²) in [5, 5.41) is 7.23. The molecular formula is C8H14O5S. The fourth-order valence-electron chi connectivity index (χ4n) is 1.33. The molecule has 82 valence electrons. The second-order valence-electron chi connectivity index (χ2n) is 3.45. The molecule has 1 rings (SSSR count). The maximum Gasteiger partial charge on any atom is 0.321 e. The van der Waals surface area contributed by atoms with Gasteiger partial charge in [-0.25, -0.2) is 8.42 Å². The molecule has 0 spiro atoms. The zero-order valence-corrected chi connectivity index (χ0v) is 8.79. The number of ether oxygens (including phenoxy) is 1. The van der Waals surface area contributed by atoms with Crippen molar-refractivity contribution < 1.29 is 23.1 Å². The number of sulfone groups is 1. The van der Waals surface area contributed by atoms with Crippen LogP contribution in [0, 0.1) is 0 Å². The molecule has 1 N–H and O–H groups in total. The molecule has 14 heavy (non-hydrogen) atoms. The fraction of sp³-hybridized carbons (Fsp3) is 0.875. The summed E-state index contributed by atoms with van der Waals surface area (Å²) in [5.41, 5.74) is 0. The molecule has 0 aliphatic carbocycles. The molecule has 0 aromatic carbocycles. The Labute approximate surface area is 83.0 Å². The SMILES string of the molecule is CC(C(=O)O)S(=O)(=O)CC1CCCO1. The molecule has 0 bridgehead atoms. The highest BCUT2D eigenvalue weighted by molar-refractivity contribution is 7.92. The maximum atomic E-state index is 11.5. The van der Waals surface area contributed by atoms with E-state index in [2.05, 4.69) is 0 Å². The van der Waals surface area contributed by atoms with E-state index in [1.54, 1.807) is 0 Å². The van der Waals surface area contributed by atoms with E-state index in [1.165, 1.54) is 6.92 Å². The molecule has 6 heteroatoms. The van der Waals surface area contributed by atoms with Gasteiger partial charge < -0.3 is 9.84 Å². The third-order valence-electron chi connectivity index (χ3n) is 2.33. The van der Waals surface area contributed by atoms with Crippen LogP contribution in [0.15, 0.2) is 0 Å². The molecule has 1 fully saturated rings. The molecular weight excluding hydrogens is 208 g/mol. The molecule has 5 nitrogen and oxygen atoms in total. The van der Waals surface area contributed by atoms with Crippen molar-refractivity contribution in [1.29, 1.82) is 0 Å². The third-order valence-corrected chi connectivity index (χ3v) is 4.44. The van der Waals surface area contributed by atoms with Crippen LogP contribution in [0.2, 0.25) is 0 Å². The number of carbonyl (C=O) groups is 1. The molecule has 0 aromatic heterocycles. The number of carboxylic acid groups (broad SMARTS) is 1. The Morgan fingerprint density at radius 2 is 2.29 bits per heavy atom. The first-order valence-corrected chi connectivity index (χ1v) is 6.21. The van der Waals surface area contributed by atoms with Crippen LogP contribution in [0.3, 0.4) is 0 Å². The number of rotatable bonds is 4. The molecule has 1 aliphatic heterocycles. The Morgan fingerprint density at radius 1 is 1.64 bits per heavy atom. The van der Waals surface area contributed by atoms with Gasteiger partial charge in [-0.2, -0.15) is 0 Å². The van der Waals surface area contributed by atoms with Crippen molar-refractivity contribution in [1.82, 2.24) is 0 Å². The Hall–Kier alpha value is -0.620. The molecule has 0 amide bonds. The van der Waals surface area contributed by atoms with Gasteiger partial charge in [-0.3, -0.25) is 4.79 Å². The Kier molecular flexibility index (Phi) is 3.49. The van der Waals surface area contributed by atoms with Crippen molar-refractivity contribution in [2.45, 2.75) is 31.1 Å². The van der Waals surface area contributed by atoms with E-state index in [0.717, 1.165) is 6.42 Å². The normalized spacial score (nSPS) is 24.8. The van der Waals surface area contributed by atoms with Crippen LogP contribution in [-0.2, 0) is 19.4 Å².